The van der Waals surface area contributed by atoms with Crippen molar-refractivity contribution in [2.45, 2.75) is 6.61 Å². The number of fused-ring (bicyclic) bond motifs is 3. The van der Waals surface area contributed by atoms with Crippen LogP contribution >= 0.6 is 34.5 Å². The molecule has 0 atom stereocenters. The predicted molar refractivity (Wildman–Crippen MR) is 94.4 cm³/mol. The standard InChI is InChI=1S/C15H10Cl2N4O2S/c1-20-14(22)13-10(5-6-24-13)21-11(18-19-15(20)21)7-23-12-8(16)3-2-4-9(12)17/h2-6H,7H2,1H3. The van der Waals surface area contributed by atoms with E-state index in [1.165, 1.54) is 15.9 Å². The quantitative estimate of drug-likeness (QED) is 0.545. The fraction of sp³-hybridized carbons (Fsp3) is 0.133. The first-order valence-corrected chi connectivity index (χ1v) is 8.58. The van der Waals surface area contributed by atoms with Crippen LogP contribution in [0.3, 0.4) is 0 Å². The highest BCUT2D eigenvalue weighted by Gasteiger charge is 2.16. The fourth-order valence-electron chi connectivity index (χ4n) is 2.50. The van der Waals surface area contributed by atoms with Gasteiger partial charge in [0.05, 0.1) is 15.6 Å². The maximum Gasteiger partial charge on any atom is 0.272 e. The van der Waals surface area contributed by atoms with Crippen LogP contribution in [0.4, 0.5) is 0 Å². The Morgan fingerprint density at radius 2 is 1.96 bits per heavy atom. The summed E-state index contributed by atoms with van der Waals surface area (Å²) in [6.45, 7) is 0.119. The van der Waals surface area contributed by atoms with Gasteiger partial charge in [0.25, 0.3) is 5.56 Å². The number of ether oxygens (including phenoxy) is 1. The molecule has 3 aromatic heterocycles. The van der Waals surface area contributed by atoms with Crippen molar-refractivity contribution in [2.75, 3.05) is 0 Å². The summed E-state index contributed by atoms with van der Waals surface area (Å²) < 4.78 is 9.66. The Morgan fingerprint density at radius 3 is 2.71 bits per heavy atom. The van der Waals surface area contributed by atoms with Crippen LogP contribution in [-0.2, 0) is 13.7 Å². The summed E-state index contributed by atoms with van der Waals surface area (Å²) in [5.41, 5.74) is 0.661. The zero-order valence-corrected chi connectivity index (χ0v) is 14.7. The van der Waals surface area contributed by atoms with Crippen LogP contribution in [0.2, 0.25) is 10.0 Å². The molecule has 0 aliphatic carbocycles. The van der Waals surface area contributed by atoms with Crippen LogP contribution < -0.4 is 10.3 Å². The van der Waals surface area contributed by atoms with Gasteiger partial charge in [0.1, 0.15) is 11.3 Å². The molecule has 0 fully saturated rings. The number of halogens is 2. The Morgan fingerprint density at radius 1 is 1.21 bits per heavy atom. The molecular weight excluding hydrogens is 371 g/mol. The minimum atomic E-state index is -0.0958. The largest absolute Gasteiger partial charge is 0.482 e. The number of thiophene rings is 1. The number of rotatable bonds is 3. The lowest BCUT2D eigenvalue weighted by Crippen LogP contribution is -2.19. The zero-order chi connectivity index (χ0) is 16.8. The molecule has 24 heavy (non-hydrogen) atoms. The maximum atomic E-state index is 12.3. The van der Waals surface area contributed by atoms with E-state index in [9.17, 15) is 4.79 Å². The number of aryl methyl sites for hydroxylation is 1. The Labute approximate surface area is 149 Å². The van der Waals surface area contributed by atoms with Gasteiger partial charge in [0, 0.05) is 7.05 Å². The fourth-order valence-corrected chi connectivity index (χ4v) is 3.86. The van der Waals surface area contributed by atoms with Crippen molar-refractivity contribution in [3.05, 3.63) is 55.9 Å². The van der Waals surface area contributed by atoms with Gasteiger partial charge in [-0.2, -0.15) is 0 Å². The van der Waals surface area contributed by atoms with Gasteiger partial charge in [-0.05, 0) is 23.6 Å². The van der Waals surface area contributed by atoms with Crippen molar-refractivity contribution >= 4 is 50.5 Å². The van der Waals surface area contributed by atoms with E-state index in [1.807, 2.05) is 11.4 Å². The van der Waals surface area contributed by atoms with Gasteiger partial charge >= 0.3 is 0 Å². The molecule has 0 saturated heterocycles. The predicted octanol–water partition coefficient (Wildman–Crippen LogP) is 3.53. The van der Waals surface area contributed by atoms with Crippen molar-refractivity contribution < 1.29 is 4.74 Å². The first kappa shape index (κ1) is 15.4. The Bertz CT molecular complexity index is 1110. The van der Waals surface area contributed by atoms with Gasteiger partial charge in [-0.1, -0.05) is 29.3 Å². The van der Waals surface area contributed by atoms with Crippen molar-refractivity contribution in [3.63, 3.8) is 0 Å². The number of para-hydroxylation sites is 1. The number of benzene rings is 1. The van der Waals surface area contributed by atoms with E-state index in [1.54, 1.807) is 29.6 Å². The van der Waals surface area contributed by atoms with Crippen LogP contribution in [-0.4, -0.2) is 19.2 Å². The minimum Gasteiger partial charge on any atom is -0.482 e. The normalized spacial score (nSPS) is 11.5. The topological polar surface area (TPSA) is 61.4 Å². The van der Waals surface area contributed by atoms with Crippen molar-refractivity contribution in [3.8, 4) is 5.75 Å². The molecule has 0 spiro atoms. The molecular formula is C15H10Cl2N4O2S. The van der Waals surface area contributed by atoms with Crippen LogP contribution in [0.25, 0.3) is 16.0 Å². The average molecular weight is 381 g/mol. The summed E-state index contributed by atoms with van der Waals surface area (Å²) in [6.07, 6.45) is 0. The van der Waals surface area contributed by atoms with E-state index in [2.05, 4.69) is 10.2 Å². The smallest absolute Gasteiger partial charge is 0.272 e. The van der Waals surface area contributed by atoms with Crippen molar-refractivity contribution in [1.82, 2.24) is 19.2 Å². The minimum absolute atomic E-state index is 0.0958. The molecule has 0 aliphatic rings. The SMILES string of the molecule is Cn1c(=O)c2sccc2n2c(COc3c(Cl)cccc3Cl)nnc12. The molecule has 6 nitrogen and oxygen atoms in total. The van der Waals surface area contributed by atoms with Gasteiger partial charge in [0.15, 0.2) is 11.6 Å². The Hall–Kier alpha value is -2.09. The van der Waals surface area contributed by atoms with E-state index >= 15 is 0 Å². The van der Waals surface area contributed by atoms with E-state index in [0.29, 0.717) is 32.1 Å². The number of hydrogen-bond acceptors (Lipinski definition) is 5. The van der Waals surface area contributed by atoms with E-state index in [-0.39, 0.29) is 12.2 Å². The van der Waals surface area contributed by atoms with Crippen molar-refractivity contribution in [1.29, 1.82) is 0 Å². The summed E-state index contributed by atoms with van der Waals surface area (Å²) in [4.78, 5) is 12.3. The molecule has 1 aromatic carbocycles. The van der Waals surface area contributed by atoms with E-state index in [4.69, 9.17) is 27.9 Å². The molecule has 3 heterocycles. The molecule has 122 valence electrons. The molecule has 0 N–H and O–H groups in total. The summed E-state index contributed by atoms with van der Waals surface area (Å²) in [7, 11) is 1.67. The highest BCUT2D eigenvalue weighted by atomic mass is 35.5. The Balaban J connectivity index is 1.82. The summed E-state index contributed by atoms with van der Waals surface area (Å²) in [5.74, 6) is 1.40. The zero-order valence-electron chi connectivity index (χ0n) is 12.4. The van der Waals surface area contributed by atoms with Gasteiger partial charge in [-0.15, -0.1) is 21.5 Å². The second-order valence-electron chi connectivity index (χ2n) is 5.09. The average Bonchev–Trinajstić information content (AvgIpc) is 3.18. The molecule has 0 radical (unpaired) electrons. The first-order valence-electron chi connectivity index (χ1n) is 6.95. The van der Waals surface area contributed by atoms with Crippen LogP contribution in [0.5, 0.6) is 5.75 Å². The van der Waals surface area contributed by atoms with Crippen LogP contribution in [0, 0.1) is 0 Å². The second kappa shape index (κ2) is 5.77. The number of aromatic nitrogens is 4. The first-order chi connectivity index (χ1) is 11.6. The monoisotopic (exact) mass is 380 g/mol. The lowest BCUT2D eigenvalue weighted by Gasteiger charge is -2.09. The third-order valence-corrected chi connectivity index (χ3v) is 5.15. The third kappa shape index (κ3) is 2.28. The summed E-state index contributed by atoms with van der Waals surface area (Å²) >= 11 is 13.6. The maximum absolute atomic E-state index is 12.3. The molecule has 0 saturated carbocycles. The van der Waals surface area contributed by atoms with Crippen LogP contribution in [0.15, 0.2) is 34.4 Å². The number of hydrogen-bond donors (Lipinski definition) is 0. The van der Waals surface area contributed by atoms with Crippen LogP contribution in [0.1, 0.15) is 5.82 Å². The van der Waals surface area contributed by atoms with E-state index < -0.39 is 0 Å². The molecule has 0 bridgehead atoms. The molecule has 4 aromatic rings. The van der Waals surface area contributed by atoms with Crippen molar-refractivity contribution in [2.24, 2.45) is 7.05 Å². The molecule has 9 heteroatoms. The highest BCUT2D eigenvalue weighted by Crippen LogP contribution is 2.33. The van der Waals surface area contributed by atoms with E-state index in [0.717, 1.165) is 5.52 Å². The molecule has 0 aliphatic heterocycles. The lowest BCUT2D eigenvalue weighted by atomic mass is 10.3. The van der Waals surface area contributed by atoms with Gasteiger partial charge in [-0.3, -0.25) is 13.8 Å². The molecule has 4 rings (SSSR count). The molecule has 0 amide bonds. The molecule has 0 unspecified atom stereocenters. The van der Waals surface area contributed by atoms with Gasteiger partial charge in [0.2, 0.25) is 5.78 Å². The third-order valence-electron chi connectivity index (χ3n) is 3.66. The van der Waals surface area contributed by atoms with Gasteiger partial charge < -0.3 is 4.74 Å². The summed E-state index contributed by atoms with van der Waals surface area (Å²) in [5, 5.41) is 11.0. The second-order valence-corrected chi connectivity index (χ2v) is 6.82. The lowest BCUT2D eigenvalue weighted by molar-refractivity contribution is 0.295. The summed E-state index contributed by atoms with van der Waals surface area (Å²) in [6, 6.07) is 7.01. The number of nitrogens with zero attached hydrogens (tertiary/aromatic N) is 4. The Kier molecular flexibility index (Phi) is 3.71. The highest BCUT2D eigenvalue weighted by molar-refractivity contribution is 7.17. The van der Waals surface area contributed by atoms with Gasteiger partial charge in [-0.25, -0.2) is 0 Å².